The van der Waals surface area contributed by atoms with Crippen molar-refractivity contribution in [3.63, 3.8) is 0 Å². The molecule has 2 N–H and O–H groups in total. The number of likely N-dealkylation sites (N-methyl/N-ethyl adjacent to an activating group) is 1. The summed E-state index contributed by atoms with van der Waals surface area (Å²) in [5.74, 6) is -0.522. The predicted octanol–water partition coefficient (Wildman–Crippen LogP) is 0.933. The SMILES string of the molecule is CNC(=O)CN1CCC(NC(=O)C2CCCN(C(=O)Cc3ccc(F)cc3)C2)CC1. The molecule has 1 atom stereocenters. The summed E-state index contributed by atoms with van der Waals surface area (Å²) in [6, 6.07) is 6.07. The van der Waals surface area contributed by atoms with Crippen LogP contribution in [0.5, 0.6) is 0 Å². The largest absolute Gasteiger partial charge is 0.358 e. The minimum atomic E-state index is -0.319. The zero-order valence-corrected chi connectivity index (χ0v) is 17.5. The first kappa shape index (κ1) is 22.2. The Bertz CT molecular complexity index is 747. The minimum absolute atomic E-state index is 0.00471. The zero-order valence-electron chi connectivity index (χ0n) is 17.5. The van der Waals surface area contributed by atoms with E-state index in [1.54, 1.807) is 24.1 Å². The molecule has 0 radical (unpaired) electrons. The molecule has 2 fully saturated rings. The summed E-state index contributed by atoms with van der Waals surface area (Å²) in [7, 11) is 1.63. The van der Waals surface area contributed by atoms with E-state index < -0.39 is 0 Å². The fourth-order valence-electron chi connectivity index (χ4n) is 4.14. The molecule has 1 aromatic rings. The van der Waals surface area contributed by atoms with Gasteiger partial charge in [-0.15, -0.1) is 0 Å². The van der Waals surface area contributed by atoms with E-state index in [-0.39, 0.29) is 41.9 Å². The van der Waals surface area contributed by atoms with Crippen molar-refractivity contribution in [2.45, 2.75) is 38.1 Å². The number of carbonyl (C=O) groups excluding carboxylic acids is 3. The number of hydrogen-bond acceptors (Lipinski definition) is 4. The number of amides is 3. The van der Waals surface area contributed by atoms with Crippen LogP contribution >= 0.6 is 0 Å². The lowest BCUT2D eigenvalue weighted by Gasteiger charge is -2.35. The minimum Gasteiger partial charge on any atom is -0.358 e. The maximum atomic E-state index is 13.0. The summed E-state index contributed by atoms with van der Waals surface area (Å²) in [5.41, 5.74) is 0.775. The molecule has 3 rings (SSSR count). The van der Waals surface area contributed by atoms with Crippen LogP contribution in [0.25, 0.3) is 0 Å². The molecular weight excluding hydrogens is 387 g/mol. The molecule has 2 heterocycles. The molecule has 164 valence electrons. The molecular formula is C22H31FN4O3. The molecule has 0 aliphatic carbocycles. The number of nitrogens with one attached hydrogen (secondary N) is 2. The topological polar surface area (TPSA) is 81.8 Å². The molecule has 2 aliphatic heterocycles. The Morgan fingerprint density at radius 2 is 1.77 bits per heavy atom. The lowest BCUT2D eigenvalue weighted by atomic mass is 9.95. The lowest BCUT2D eigenvalue weighted by molar-refractivity contribution is -0.135. The van der Waals surface area contributed by atoms with E-state index in [2.05, 4.69) is 15.5 Å². The third-order valence-electron chi connectivity index (χ3n) is 5.99. The van der Waals surface area contributed by atoms with Gasteiger partial charge in [-0.2, -0.15) is 0 Å². The standard InChI is InChI=1S/C22H31FN4O3/c1-24-20(28)15-26-11-8-19(9-12-26)25-22(30)17-3-2-10-27(14-17)21(29)13-16-4-6-18(23)7-5-16/h4-7,17,19H,2-3,8-15H2,1H3,(H,24,28)(H,25,30). The van der Waals surface area contributed by atoms with E-state index in [0.717, 1.165) is 44.3 Å². The third-order valence-corrected chi connectivity index (χ3v) is 5.99. The smallest absolute Gasteiger partial charge is 0.233 e. The molecule has 7 nitrogen and oxygen atoms in total. The molecule has 0 bridgehead atoms. The number of benzene rings is 1. The summed E-state index contributed by atoms with van der Waals surface area (Å²) >= 11 is 0. The second kappa shape index (κ2) is 10.5. The van der Waals surface area contributed by atoms with Crippen molar-refractivity contribution in [1.29, 1.82) is 0 Å². The Hall–Kier alpha value is -2.48. The molecule has 0 aromatic heterocycles. The van der Waals surface area contributed by atoms with Crippen LogP contribution in [0.4, 0.5) is 4.39 Å². The summed E-state index contributed by atoms with van der Waals surface area (Å²) < 4.78 is 13.0. The van der Waals surface area contributed by atoms with Crippen LogP contribution < -0.4 is 10.6 Å². The number of carbonyl (C=O) groups is 3. The van der Waals surface area contributed by atoms with Crippen LogP contribution in [-0.2, 0) is 20.8 Å². The van der Waals surface area contributed by atoms with Crippen molar-refractivity contribution >= 4 is 17.7 Å². The van der Waals surface area contributed by atoms with Crippen LogP contribution in [0, 0.1) is 11.7 Å². The van der Waals surface area contributed by atoms with Crippen LogP contribution in [0.2, 0.25) is 0 Å². The average Bonchev–Trinajstić information content (AvgIpc) is 2.76. The first-order valence-electron chi connectivity index (χ1n) is 10.7. The summed E-state index contributed by atoms with van der Waals surface area (Å²) in [6.45, 7) is 3.05. The number of nitrogens with zero attached hydrogens (tertiary/aromatic N) is 2. The molecule has 30 heavy (non-hydrogen) atoms. The average molecular weight is 419 g/mol. The van der Waals surface area contributed by atoms with Gasteiger partial charge in [-0.1, -0.05) is 12.1 Å². The number of halogens is 1. The number of hydrogen-bond donors (Lipinski definition) is 2. The van der Waals surface area contributed by atoms with Gasteiger partial charge in [0.25, 0.3) is 0 Å². The molecule has 2 saturated heterocycles. The predicted molar refractivity (Wildman–Crippen MR) is 111 cm³/mol. The van der Waals surface area contributed by atoms with Gasteiger partial charge in [0.2, 0.25) is 17.7 Å². The van der Waals surface area contributed by atoms with Gasteiger partial charge in [0, 0.05) is 39.3 Å². The van der Waals surface area contributed by atoms with Crippen LogP contribution in [0.3, 0.4) is 0 Å². The highest BCUT2D eigenvalue weighted by Gasteiger charge is 2.30. The Morgan fingerprint density at radius 3 is 2.43 bits per heavy atom. The monoisotopic (exact) mass is 418 g/mol. The van der Waals surface area contributed by atoms with Crippen LogP contribution in [0.1, 0.15) is 31.2 Å². The Balaban J connectivity index is 1.44. The summed E-state index contributed by atoms with van der Waals surface area (Å²) in [5, 5.41) is 5.78. The lowest BCUT2D eigenvalue weighted by Crippen LogP contribution is -2.51. The van der Waals surface area contributed by atoms with Gasteiger partial charge < -0.3 is 15.5 Å². The third kappa shape index (κ3) is 6.26. The Kier molecular flexibility index (Phi) is 7.79. The number of rotatable bonds is 6. The first-order chi connectivity index (χ1) is 14.4. The first-order valence-corrected chi connectivity index (χ1v) is 10.7. The van der Waals surface area contributed by atoms with Gasteiger partial charge in [0.05, 0.1) is 18.9 Å². The van der Waals surface area contributed by atoms with Gasteiger partial charge in [0.1, 0.15) is 5.82 Å². The van der Waals surface area contributed by atoms with E-state index >= 15 is 0 Å². The summed E-state index contributed by atoms with van der Waals surface area (Å²) in [6.07, 6.45) is 3.45. The van der Waals surface area contributed by atoms with Gasteiger partial charge in [-0.3, -0.25) is 19.3 Å². The molecule has 8 heteroatoms. The van der Waals surface area contributed by atoms with Crippen molar-refractivity contribution in [3.8, 4) is 0 Å². The van der Waals surface area contributed by atoms with E-state index in [1.807, 2.05) is 0 Å². The fraction of sp³-hybridized carbons (Fsp3) is 0.591. The molecule has 0 spiro atoms. The van der Waals surface area contributed by atoms with Gasteiger partial charge in [-0.05, 0) is 43.4 Å². The van der Waals surface area contributed by atoms with Crippen molar-refractivity contribution < 1.29 is 18.8 Å². The Labute approximate surface area is 177 Å². The van der Waals surface area contributed by atoms with E-state index in [9.17, 15) is 18.8 Å². The van der Waals surface area contributed by atoms with Crippen molar-refractivity contribution in [1.82, 2.24) is 20.4 Å². The summed E-state index contributed by atoms with van der Waals surface area (Å²) in [4.78, 5) is 40.7. The highest BCUT2D eigenvalue weighted by atomic mass is 19.1. The maximum absolute atomic E-state index is 13.0. The molecule has 0 saturated carbocycles. The number of piperidine rings is 2. The van der Waals surface area contributed by atoms with Crippen molar-refractivity contribution in [2.75, 3.05) is 39.8 Å². The maximum Gasteiger partial charge on any atom is 0.233 e. The molecule has 3 amide bonds. The second-order valence-electron chi connectivity index (χ2n) is 8.21. The molecule has 1 unspecified atom stereocenters. The van der Waals surface area contributed by atoms with E-state index in [1.165, 1.54) is 12.1 Å². The van der Waals surface area contributed by atoms with Gasteiger partial charge in [0.15, 0.2) is 0 Å². The fourth-order valence-corrected chi connectivity index (χ4v) is 4.14. The van der Waals surface area contributed by atoms with Gasteiger partial charge >= 0.3 is 0 Å². The van der Waals surface area contributed by atoms with Crippen molar-refractivity contribution in [3.05, 3.63) is 35.6 Å². The normalized spacial score (nSPS) is 20.6. The molecule has 1 aromatic carbocycles. The quantitative estimate of drug-likeness (QED) is 0.720. The van der Waals surface area contributed by atoms with Gasteiger partial charge in [-0.25, -0.2) is 4.39 Å². The zero-order chi connectivity index (χ0) is 21.5. The highest BCUT2D eigenvalue weighted by Crippen LogP contribution is 2.19. The van der Waals surface area contributed by atoms with Crippen molar-refractivity contribution in [2.24, 2.45) is 5.92 Å². The second-order valence-corrected chi connectivity index (χ2v) is 8.21. The molecule has 2 aliphatic rings. The number of likely N-dealkylation sites (tertiary alicyclic amines) is 2. The Morgan fingerprint density at radius 1 is 1.07 bits per heavy atom. The van der Waals surface area contributed by atoms with Crippen LogP contribution in [-0.4, -0.2) is 73.3 Å². The van der Waals surface area contributed by atoms with Crippen LogP contribution in [0.15, 0.2) is 24.3 Å². The highest BCUT2D eigenvalue weighted by molar-refractivity contribution is 5.82. The van der Waals surface area contributed by atoms with E-state index in [0.29, 0.717) is 19.6 Å². The van der Waals surface area contributed by atoms with E-state index in [4.69, 9.17) is 0 Å².